The van der Waals surface area contributed by atoms with E-state index in [1.165, 1.54) is 11.8 Å². The second-order valence-corrected chi connectivity index (χ2v) is 5.12. The Bertz CT molecular complexity index is 477. The van der Waals surface area contributed by atoms with Gasteiger partial charge < -0.3 is 0 Å². The summed E-state index contributed by atoms with van der Waals surface area (Å²) in [6.45, 7) is 11.6. The molecule has 0 fully saturated rings. The minimum absolute atomic E-state index is 0.463. The van der Waals surface area contributed by atoms with Gasteiger partial charge in [-0.05, 0) is 47.6 Å². The molecule has 1 nitrogen and oxygen atoms in total. The smallest absolute Gasteiger partial charge is 0.0985 e. The Hall–Kier alpha value is -0.990. The van der Waals surface area contributed by atoms with Gasteiger partial charge in [0.1, 0.15) is 0 Å². The summed E-state index contributed by atoms with van der Waals surface area (Å²) in [5, 5.41) is 10.7. The normalized spacial score (nSPS) is 10.1. The van der Waals surface area contributed by atoms with Gasteiger partial charge in [-0.25, -0.2) is 0 Å². The van der Waals surface area contributed by atoms with Crippen molar-refractivity contribution in [3.63, 3.8) is 0 Å². The molecule has 0 spiro atoms. The Labute approximate surface area is 112 Å². The summed E-state index contributed by atoms with van der Waals surface area (Å²) in [6.07, 6.45) is 0.877. The Morgan fingerprint density at radius 1 is 1.53 bits per heavy atom. The van der Waals surface area contributed by atoms with Crippen LogP contribution in [0.2, 0.25) is 5.02 Å². The molecule has 0 amide bonds. The van der Waals surface area contributed by atoms with Crippen molar-refractivity contribution in [3.8, 4) is 0 Å². The van der Waals surface area contributed by atoms with E-state index in [1.807, 2.05) is 19.1 Å². The number of hydrogen-bond donors (Lipinski definition) is 1. The maximum Gasteiger partial charge on any atom is 0.0985 e. The fourth-order valence-electron chi connectivity index (χ4n) is 1.70. The summed E-state index contributed by atoms with van der Waals surface area (Å²) in [7, 11) is 0. The molecule has 1 rings (SSSR count). The van der Waals surface area contributed by atoms with Gasteiger partial charge in [0.25, 0.3) is 0 Å². The van der Waals surface area contributed by atoms with Crippen LogP contribution in [0.15, 0.2) is 30.7 Å². The third-order valence-electron chi connectivity index (χ3n) is 2.44. The number of thioether (sulfide) groups is 1. The average molecular weight is 266 g/mol. The van der Waals surface area contributed by atoms with Crippen LogP contribution in [-0.4, -0.2) is 5.04 Å². The lowest BCUT2D eigenvalue weighted by Gasteiger charge is -2.12. The quantitative estimate of drug-likeness (QED) is 0.592. The van der Waals surface area contributed by atoms with Crippen LogP contribution < -0.4 is 0 Å². The molecule has 90 valence electrons. The summed E-state index contributed by atoms with van der Waals surface area (Å²) in [5.41, 5.74) is 3.94. The topological polar surface area (TPSA) is 23.9 Å². The lowest BCUT2D eigenvalue weighted by molar-refractivity contribution is 1.13. The van der Waals surface area contributed by atoms with Crippen molar-refractivity contribution in [2.75, 3.05) is 0 Å². The van der Waals surface area contributed by atoms with Crippen molar-refractivity contribution >= 4 is 34.0 Å². The van der Waals surface area contributed by atoms with Crippen molar-refractivity contribution in [1.82, 2.24) is 0 Å². The van der Waals surface area contributed by atoms with E-state index >= 15 is 0 Å². The number of nitrogens with one attached hydrogen (secondary N) is 1. The monoisotopic (exact) mass is 265 g/mol. The molecular formula is C14H16ClNS. The summed E-state index contributed by atoms with van der Waals surface area (Å²) in [4.78, 5) is 0. The predicted molar refractivity (Wildman–Crippen MR) is 80.2 cm³/mol. The zero-order valence-corrected chi connectivity index (χ0v) is 11.7. The number of aryl methyl sites for hydroxylation is 1. The summed E-state index contributed by atoms with van der Waals surface area (Å²) in [5.74, 6) is 0. The average Bonchev–Trinajstić information content (AvgIpc) is 2.27. The van der Waals surface area contributed by atoms with Crippen molar-refractivity contribution < 1.29 is 0 Å². The summed E-state index contributed by atoms with van der Waals surface area (Å²) < 4.78 is 0. The van der Waals surface area contributed by atoms with Gasteiger partial charge in [-0.1, -0.05) is 43.4 Å². The predicted octanol–water partition coefficient (Wildman–Crippen LogP) is 5.14. The molecule has 0 saturated carbocycles. The maximum absolute atomic E-state index is 7.89. The van der Waals surface area contributed by atoms with Crippen LogP contribution >= 0.6 is 23.4 Å². The van der Waals surface area contributed by atoms with E-state index in [-0.39, 0.29) is 0 Å². The van der Waals surface area contributed by atoms with Crippen molar-refractivity contribution in [2.45, 2.75) is 20.3 Å². The van der Waals surface area contributed by atoms with Crippen LogP contribution in [0.4, 0.5) is 0 Å². The first-order valence-electron chi connectivity index (χ1n) is 5.36. The van der Waals surface area contributed by atoms with Crippen LogP contribution in [0.5, 0.6) is 0 Å². The first-order valence-corrected chi connectivity index (χ1v) is 6.61. The SMILES string of the molecule is C=CSC(=N)c1cc(Cl)c(C(=C)C)c(CC)c1. The van der Waals surface area contributed by atoms with E-state index in [4.69, 9.17) is 17.0 Å². The van der Waals surface area contributed by atoms with E-state index in [0.29, 0.717) is 10.1 Å². The third-order valence-corrected chi connectivity index (χ3v) is 3.38. The highest BCUT2D eigenvalue weighted by Crippen LogP contribution is 2.30. The molecule has 0 aliphatic heterocycles. The van der Waals surface area contributed by atoms with E-state index in [2.05, 4.69) is 20.1 Å². The second kappa shape index (κ2) is 6.08. The van der Waals surface area contributed by atoms with Gasteiger partial charge in [-0.15, -0.1) is 0 Å². The highest BCUT2D eigenvalue weighted by atomic mass is 35.5. The molecule has 0 atom stereocenters. The molecule has 0 radical (unpaired) electrons. The Morgan fingerprint density at radius 2 is 2.18 bits per heavy atom. The number of halogens is 1. The van der Waals surface area contributed by atoms with Crippen molar-refractivity contribution in [2.24, 2.45) is 0 Å². The van der Waals surface area contributed by atoms with Crippen molar-refractivity contribution in [1.29, 1.82) is 5.41 Å². The minimum atomic E-state index is 0.463. The highest BCUT2D eigenvalue weighted by molar-refractivity contribution is 8.16. The number of benzene rings is 1. The molecule has 17 heavy (non-hydrogen) atoms. The lowest BCUT2D eigenvalue weighted by Crippen LogP contribution is -1.98. The summed E-state index contributed by atoms with van der Waals surface area (Å²) in [6, 6.07) is 3.83. The van der Waals surface area contributed by atoms with E-state index < -0.39 is 0 Å². The van der Waals surface area contributed by atoms with Crippen LogP contribution in [0.3, 0.4) is 0 Å². The molecule has 0 heterocycles. The molecule has 0 saturated heterocycles. The number of allylic oxidation sites excluding steroid dienone is 1. The highest BCUT2D eigenvalue weighted by Gasteiger charge is 2.11. The van der Waals surface area contributed by atoms with Gasteiger partial charge in [0.05, 0.1) is 5.04 Å². The Balaban J connectivity index is 3.31. The Kier molecular flexibility index (Phi) is 5.03. The first-order chi connectivity index (χ1) is 8.01. The van der Waals surface area contributed by atoms with Gasteiger partial charge in [0.2, 0.25) is 0 Å². The Morgan fingerprint density at radius 3 is 2.65 bits per heavy atom. The fourth-order valence-corrected chi connectivity index (χ4v) is 2.52. The molecule has 0 aliphatic rings. The van der Waals surface area contributed by atoms with E-state index in [0.717, 1.165) is 28.7 Å². The van der Waals surface area contributed by atoms with Gasteiger partial charge >= 0.3 is 0 Å². The molecule has 0 aromatic heterocycles. The fraction of sp³-hybridized carbons (Fsp3) is 0.214. The molecular weight excluding hydrogens is 250 g/mol. The van der Waals surface area contributed by atoms with E-state index in [1.54, 1.807) is 5.41 Å². The molecule has 0 aliphatic carbocycles. The molecule has 1 aromatic carbocycles. The third kappa shape index (κ3) is 3.24. The standard InChI is InChI=1S/C14H16ClNS/c1-5-10-7-11(14(16)17-6-2)8-12(15)13(10)9(3)4/h6-8,16H,2-3,5H2,1,4H3. The zero-order chi connectivity index (χ0) is 13.0. The van der Waals surface area contributed by atoms with Crippen LogP contribution in [0.1, 0.15) is 30.5 Å². The van der Waals surface area contributed by atoms with Gasteiger partial charge in [-0.3, -0.25) is 5.41 Å². The second-order valence-electron chi connectivity index (χ2n) is 3.74. The molecule has 1 aromatic rings. The first kappa shape index (κ1) is 14.1. The molecule has 0 bridgehead atoms. The number of hydrogen-bond acceptors (Lipinski definition) is 2. The van der Waals surface area contributed by atoms with Crippen LogP contribution in [0.25, 0.3) is 5.57 Å². The molecule has 3 heteroatoms. The van der Waals surface area contributed by atoms with Crippen LogP contribution in [-0.2, 0) is 6.42 Å². The van der Waals surface area contributed by atoms with Gasteiger partial charge in [0, 0.05) is 10.6 Å². The van der Waals surface area contributed by atoms with Crippen LogP contribution in [0, 0.1) is 5.41 Å². The number of rotatable bonds is 4. The minimum Gasteiger partial charge on any atom is -0.293 e. The van der Waals surface area contributed by atoms with Gasteiger partial charge in [-0.2, -0.15) is 0 Å². The maximum atomic E-state index is 7.89. The largest absolute Gasteiger partial charge is 0.293 e. The lowest BCUT2D eigenvalue weighted by atomic mass is 9.97. The molecule has 1 N–H and O–H groups in total. The van der Waals surface area contributed by atoms with Crippen molar-refractivity contribution in [3.05, 3.63) is 52.4 Å². The molecule has 0 unspecified atom stereocenters. The summed E-state index contributed by atoms with van der Waals surface area (Å²) >= 11 is 7.55. The van der Waals surface area contributed by atoms with E-state index in [9.17, 15) is 0 Å². The van der Waals surface area contributed by atoms with Gasteiger partial charge in [0.15, 0.2) is 0 Å². The zero-order valence-electron chi connectivity index (χ0n) is 10.1.